The summed E-state index contributed by atoms with van der Waals surface area (Å²) < 4.78 is 13.5. The standard InChI is InChI=1S/C14H16FNO2/c1-9-4-2-7-11(15)13(9)14(18)16-8-12(17)10-5-3-6-10/h2,4,7,17H,3,5-6,8H2,1H3,(H,16,18). The maximum absolute atomic E-state index is 13.5. The van der Waals surface area contributed by atoms with Crippen LogP contribution in [-0.2, 0) is 0 Å². The first-order chi connectivity index (χ1) is 8.59. The van der Waals surface area contributed by atoms with Gasteiger partial charge in [-0.3, -0.25) is 4.79 Å². The number of allylic oxidation sites excluding steroid dienone is 1. The molecule has 0 radical (unpaired) electrons. The molecule has 4 heteroatoms. The number of hydrogen-bond donors (Lipinski definition) is 2. The van der Waals surface area contributed by atoms with Gasteiger partial charge in [0.25, 0.3) is 5.91 Å². The van der Waals surface area contributed by atoms with E-state index in [0.717, 1.165) is 24.8 Å². The Morgan fingerprint density at radius 1 is 1.44 bits per heavy atom. The fraction of sp³-hybridized carbons (Fsp3) is 0.357. The van der Waals surface area contributed by atoms with Gasteiger partial charge >= 0.3 is 0 Å². The molecule has 2 rings (SSSR count). The maximum Gasteiger partial charge on any atom is 0.254 e. The lowest BCUT2D eigenvalue weighted by atomic mass is 9.91. The van der Waals surface area contributed by atoms with Crippen LogP contribution in [0.3, 0.4) is 0 Å². The minimum absolute atomic E-state index is 0.0453. The molecule has 1 aromatic carbocycles. The quantitative estimate of drug-likeness (QED) is 0.809. The summed E-state index contributed by atoms with van der Waals surface area (Å²) in [5, 5.41) is 12.2. The lowest BCUT2D eigenvalue weighted by Crippen LogP contribution is -2.28. The number of amides is 1. The monoisotopic (exact) mass is 249 g/mol. The molecule has 96 valence electrons. The number of benzene rings is 1. The van der Waals surface area contributed by atoms with Crippen molar-refractivity contribution in [3.8, 4) is 0 Å². The Hall–Kier alpha value is -1.84. The highest BCUT2D eigenvalue weighted by molar-refractivity contribution is 5.95. The number of nitrogens with one attached hydrogen (secondary N) is 1. The molecule has 1 aromatic rings. The fourth-order valence-electron chi connectivity index (χ4n) is 1.94. The molecule has 18 heavy (non-hydrogen) atoms. The van der Waals surface area contributed by atoms with Crippen LogP contribution in [-0.4, -0.2) is 17.6 Å². The van der Waals surface area contributed by atoms with Crippen LogP contribution >= 0.6 is 0 Å². The van der Waals surface area contributed by atoms with E-state index in [9.17, 15) is 14.3 Å². The van der Waals surface area contributed by atoms with Gasteiger partial charge in [0.1, 0.15) is 11.6 Å². The van der Waals surface area contributed by atoms with E-state index in [1.807, 2.05) is 0 Å². The number of carbonyl (C=O) groups is 1. The average Bonchev–Trinajstić information content (AvgIpc) is 2.23. The molecular weight excluding hydrogens is 233 g/mol. The van der Waals surface area contributed by atoms with Crippen molar-refractivity contribution < 1.29 is 14.3 Å². The van der Waals surface area contributed by atoms with Gasteiger partial charge in [0.15, 0.2) is 0 Å². The summed E-state index contributed by atoms with van der Waals surface area (Å²) in [6, 6.07) is 4.50. The van der Waals surface area contributed by atoms with E-state index in [1.54, 1.807) is 19.1 Å². The molecule has 2 N–H and O–H groups in total. The van der Waals surface area contributed by atoms with Crippen molar-refractivity contribution >= 4 is 5.91 Å². The highest BCUT2D eigenvalue weighted by Crippen LogP contribution is 2.27. The lowest BCUT2D eigenvalue weighted by Gasteiger charge is -2.18. The van der Waals surface area contributed by atoms with Gasteiger partial charge in [0.05, 0.1) is 12.1 Å². The number of carbonyl (C=O) groups excluding carboxylic acids is 1. The molecule has 0 atom stereocenters. The predicted molar refractivity (Wildman–Crippen MR) is 67.0 cm³/mol. The van der Waals surface area contributed by atoms with E-state index >= 15 is 0 Å². The molecular formula is C14H16FNO2. The molecule has 0 aromatic heterocycles. The number of aryl methyl sites for hydroxylation is 1. The van der Waals surface area contributed by atoms with Crippen molar-refractivity contribution in [1.82, 2.24) is 5.32 Å². The van der Waals surface area contributed by atoms with Gasteiger partial charge in [-0.15, -0.1) is 0 Å². The fourth-order valence-corrected chi connectivity index (χ4v) is 1.94. The van der Waals surface area contributed by atoms with E-state index in [4.69, 9.17) is 0 Å². The molecule has 1 aliphatic rings. The Morgan fingerprint density at radius 2 is 2.17 bits per heavy atom. The van der Waals surface area contributed by atoms with Gasteiger partial charge < -0.3 is 10.4 Å². The van der Waals surface area contributed by atoms with Crippen LogP contribution in [0.1, 0.15) is 35.2 Å². The smallest absolute Gasteiger partial charge is 0.254 e. The number of aliphatic hydroxyl groups is 1. The second-order valence-corrected chi connectivity index (χ2v) is 4.52. The third-order valence-corrected chi connectivity index (χ3v) is 3.23. The predicted octanol–water partition coefficient (Wildman–Crippen LogP) is 2.86. The van der Waals surface area contributed by atoms with Crippen LogP contribution in [0.15, 0.2) is 29.5 Å². The Bertz CT molecular complexity index is 482. The largest absolute Gasteiger partial charge is 0.510 e. The molecule has 0 spiro atoms. The summed E-state index contributed by atoms with van der Waals surface area (Å²) in [4.78, 5) is 11.8. The third kappa shape index (κ3) is 2.53. The van der Waals surface area contributed by atoms with Crippen LogP contribution in [0.2, 0.25) is 0 Å². The van der Waals surface area contributed by atoms with E-state index in [0.29, 0.717) is 5.56 Å². The Labute approximate surface area is 105 Å². The number of halogens is 1. The minimum Gasteiger partial charge on any atom is -0.510 e. The first-order valence-electron chi connectivity index (χ1n) is 6.02. The van der Waals surface area contributed by atoms with E-state index in [-0.39, 0.29) is 17.9 Å². The van der Waals surface area contributed by atoms with Gasteiger partial charge in [-0.1, -0.05) is 12.1 Å². The minimum atomic E-state index is -0.539. The van der Waals surface area contributed by atoms with Gasteiger partial charge in [-0.05, 0) is 43.4 Å². The Balaban J connectivity index is 2.04. The molecule has 0 saturated heterocycles. The van der Waals surface area contributed by atoms with Crippen molar-refractivity contribution in [3.63, 3.8) is 0 Å². The van der Waals surface area contributed by atoms with Crippen LogP contribution < -0.4 is 5.32 Å². The van der Waals surface area contributed by atoms with Crippen molar-refractivity contribution in [2.75, 3.05) is 6.54 Å². The van der Waals surface area contributed by atoms with Gasteiger partial charge in [-0.2, -0.15) is 0 Å². The number of aliphatic hydroxyl groups excluding tert-OH is 1. The second kappa shape index (κ2) is 5.21. The summed E-state index contributed by atoms with van der Waals surface area (Å²) in [7, 11) is 0. The van der Waals surface area contributed by atoms with Crippen LogP contribution in [0.4, 0.5) is 4.39 Å². The van der Waals surface area contributed by atoms with Crippen molar-refractivity contribution in [2.45, 2.75) is 26.2 Å². The zero-order valence-electron chi connectivity index (χ0n) is 10.3. The molecule has 0 heterocycles. The zero-order valence-corrected chi connectivity index (χ0v) is 10.3. The normalized spacial score (nSPS) is 14.0. The molecule has 1 amide bonds. The molecule has 1 aliphatic carbocycles. The summed E-state index contributed by atoms with van der Waals surface area (Å²) >= 11 is 0. The first-order valence-corrected chi connectivity index (χ1v) is 6.02. The van der Waals surface area contributed by atoms with Crippen LogP contribution in [0.25, 0.3) is 0 Å². The highest BCUT2D eigenvalue weighted by atomic mass is 19.1. The van der Waals surface area contributed by atoms with Crippen molar-refractivity contribution in [2.24, 2.45) is 0 Å². The molecule has 0 unspecified atom stereocenters. The lowest BCUT2D eigenvalue weighted by molar-refractivity contribution is 0.0947. The third-order valence-electron chi connectivity index (χ3n) is 3.23. The number of hydrogen-bond acceptors (Lipinski definition) is 2. The summed E-state index contributed by atoms with van der Waals surface area (Å²) in [5.41, 5.74) is 1.62. The zero-order chi connectivity index (χ0) is 13.1. The van der Waals surface area contributed by atoms with E-state index in [2.05, 4.69) is 5.32 Å². The molecule has 0 aliphatic heterocycles. The van der Waals surface area contributed by atoms with Crippen molar-refractivity contribution in [3.05, 3.63) is 46.5 Å². The highest BCUT2D eigenvalue weighted by Gasteiger charge is 2.17. The molecule has 1 saturated carbocycles. The van der Waals surface area contributed by atoms with Crippen LogP contribution in [0, 0.1) is 12.7 Å². The van der Waals surface area contributed by atoms with Gasteiger partial charge in [0.2, 0.25) is 0 Å². The summed E-state index contributed by atoms with van der Waals surface area (Å²) in [5.74, 6) is -0.816. The van der Waals surface area contributed by atoms with E-state index < -0.39 is 11.7 Å². The van der Waals surface area contributed by atoms with Gasteiger partial charge in [-0.25, -0.2) is 4.39 Å². The maximum atomic E-state index is 13.5. The Morgan fingerprint density at radius 3 is 2.72 bits per heavy atom. The average molecular weight is 249 g/mol. The molecule has 1 fully saturated rings. The van der Waals surface area contributed by atoms with Gasteiger partial charge in [0, 0.05) is 0 Å². The first kappa shape index (κ1) is 12.6. The number of rotatable bonds is 3. The van der Waals surface area contributed by atoms with Crippen molar-refractivity contribution in [1.29, 1.82) is 0 Å². The van der Waals surface area contributed by atoms with E-state index in [1.165, 1.54) is 6.07 Å². The molecule has 0 bridgehead atoms. The summed E-state index contributed by atoms with van der Waals surface area (Å²) in [6.45, 7) is 1.75. The Kier molecular flexibility index (Phi) is 3.65. The topological polar surface area (TPSA) is 49.3 Å². The molecule has 3 nitrogen and oxygen atoms in total. The van der Waals surface area contributed by atoms with Crippen LogP contribution in [0.5, 0.6) is 0 Å². The summed E-state index contributed by atoms with van der Waals surface area (Å²) in [6.07, 6.45) is 2.86. The SMILES string of the molecule is Cc1cccc(F)c1C(=O)NCC(O)=C1CCC1. The second-order valence-electron chi connectivity index (χ2n) is 4.52.